The average molecular weight is 218 g/mol. The number of hydrogen-bond acceptors (Lipinski definition) is 5. The van der Waals surface area contributed by atoms with E-state index in [-0.39, 0.29) is 5.75 Å². The smallest absolute Gasteiger partial charge is 0.154 e. The van der Waals surface area contributed by atoms with Crippen molar-refractivity contribution in [1.82, 2.24) is 15.2 Å². The van der Waals surface area contributed by atoms with E-state index < -0.39 is 9.84 Å². The van der Waals surface area contributed by atoms with Crippen LogP contribution >= 0.6 is 0 Å². The number of nitrogens with two attached hydrogens (primary N) is 1. The Morgan fingerprint density at radius 2 is 2.21 bits per heavy atom. The summed E-state index contributed by atoms with van der Waals surface area (Å²) in [7, 11) is -3.04. The number of aryl methyl sites for hydroxylation is 1. The molecule has 1 aromatic rings. The van der Waals surface area contributed by atoms with E-state index in [1.54, 1.807) is 0 Å². The highest BCUT2D eigenvalue weighted by atomic mass is 32.2. The molecule has 0 aliphatic heterocycles. The van der Waals surface area contributed by atoms with Crippen LogP contribution in [0.1, 0.15) is 18.1 Å². The molecule has 0 saturated carbocycles. The first-order valence-corrected chi connectivity index (χ1v) is 6.35. The van der Waals surface area contributed by atoms with Gasteiger partial charge in [0.15, 0.2) is 15.7 Å². The van der Waals surface area contributed by atoms with E-state index in [1.807, 2.05) is 0 Å². The first-order chi connectivity index (χ1) is 6.51. The van der Waals surface area contributed by atoms with Crippen molar-refractivity contribution in [2.45, 2.75) is 18.6 Å². The zero-order valence-electron chi connectivity index (χ0n) is 8.02. The fraction of sp³-hybridized carbons (Fsp3) is 0.714. The Morgan fingerprint density at radius 1 is 1.50 bits per heavy atom. The van der Waals surface area contributed by atoms with Gasteiger partial charge in [-0.25, -0.2) is 13.4 Å². The van der Waals surface area contributed by atoms with Gasteiger partial charge in [0.2, 0.25) is 0 Å². The maximum Gasteiger partial charge on any atom is 0.154 e. The molecule has 6 nitrogen and oxygen atoms in total. The summed E-state index contributed by atoms with van der Waals surface area (Å²) in [6.07, 6.45) is 2.64. The first kappa shape index (κ1) is 11.1. The number of H-pyrrole nitrogens is 1. The molecular weight excluding hydrogens is 204 g/mol. The van der Waals surface area contributed by atoms with Gasteiger partial charge in [-0.1, -0.05) is 0 Å². The highest BCUT2D eigenvalue weighted by molar-refractivity contribution is 7.89. The summed E-state index contributed by atoms with van der Waals surface area (Å²) in [4.78, 5) is 4.03. The summed E-state index contributed by atoms with van der Waals surface area (Å²) in [6, 6.07) is 0. The predicted octanol–water partition coefficient (Wildman–Crippen LogP) is -0.759. The van der Waals surface area contributed by atoms with Crippen LogP contribution in [0.2, 0.25) is 0 Å². The van der Waals surface area contributed by atoms with Gasteiger partial charge in [-0.3, -0.25) is 5.10 Å². The monoisotopic (exact) mass is 218 g/mol. The summed E-state index contributed by atoms with van der Waals surface area (Å²) < 4.78 is 21.8. The van der Waals surface area contributed by atoms with Crippen molar-refractivity contribution in [3.8, 4) is 0 Å². The Morgan fingerprint density at radius 3 is 2.79 bits per heavy atom. The molecule has 0 amide bonds. The molecule has 0 aromatic carbocycles. The molecule has 0 radical (unpaired) electrons. The molecule has 0 aliphatic rings. The fourth-order valence-corrected chi connectivity index (χ4v) is 1.65. The van der Waals surface area contributed by atoms with Gasteiger partial charge >= 0.3 is 0 Å². The fourth-order valence-electron chi connectivity index (χ4n) is 1.02. The zero-order chi connectivity index (χ0) is 10.6. The number of aromatic amines is 1. The minimum absolute atomic E-state index is 0.0946. The molecule has 0 unspecified atom stereocenters. The zero-order valence-corrected chi connectivity index (χ0v) is 8.84. The highest BCUT2D eigenvalue weighted by Crippen LogP contribution is 2.00. The van der Waals surface area contributed by atoms with Gasteiger partial charge in [0, 0.05) is 12.7 Å². The second-order valence-electron chi connectivity index (χ2n) is 3.16. The molecule has 7 heteroatoms. The van der Waals surface area contributed by atoms with Crippen LogP contribution in [-0.2, 0) is 22.0 Å². The van der Waals surface area contributed by atoms with Crippen molar-refractivity contribution in [2.75, 3.05) is 12.8 Å². The van der Waals surface area contributed by atoms with Gasteiger partial charge in [-0.15, -0.1) is 0 Å². The second-order valence-corrected chi connectivity index (χ2v) is 5.30. The van der Waals surface area contributed by atoms with E-state index in [1.165, 1.54) is 0 Å². The Bertz CT molecular complexity index is 384. The number of rotatable bonds is 5. The summed E-state index contributed by atoms with van der Waals surface area (Å²) in [5.41, 5.74) is 5.32. The molecule has 0 saturated heterocycles. The van der Waals surface area contributed by atoms with Crippen LogP contribution in [0.3, 0.4) is 0 Å². The first-order valence-electron chi connectivity index (χ1n) is 4.29. The third kappa shape index (κ3) is 3.84. The van der Waals surface area contributed by atoms with Crippen LogP contribution in [0.15, 0.2) is 0 Å². The molecule has 0 bridgehead atoms. The molecule has 0 aliphatic carbocycles. The molecule has 0 atom stereocenters. The minimum Gasteiger partial charge on any atom is -0.330 e. The van der Waals surface area contributed by atoms with Crippen molar-refractivity contribution < 1.29 is 8.42 Å². The molecule has 14 heavy (non-hydrogen) atoms. The van der Waals surface area contributed by atoms with Gasteiger partial charge in [-0.05, 0) is 13.0 Å². The average Bonchev–Trinajstić information content (AvgIpc) is 2.46. The van der Waals surface area contributed by atoms with Crippen molar-refractivity contribution in [2.24, 2.45) is 5.73 Å². The SMILES string of the molecule is CS(=O)(=O)Cc1nc(CCCN)n[nH]1. The van der Waals surface area contributed by atoms with Gasteiger partial charge in [0.05, 0.1) is 0 Å². The maximum absolute atomic E-state index is 10.9. The van der Waals surface area contributed by atoms with E-state index >= 15 is 0 Å². The number of nitrogens with one attached hydrogen (secondary N) is 1. The second kappa shape index (κ2) is 4.52. The van der Waals surface area contributed by atoms with Crippen molar-refractivity contribution in [1.29, 1.82) is 0 Å². The summed E-state index contributed by atoms with van der Waals surface area (Å²) in [5.74, 6) is 0.913. The summed E-state index contributed by atoms with van der Waals surface area (Å²) in [5, 5.41) is 6.47. The van der Waals surface area contributed by atoms with Crippen LogP contribution in [0.25, 0.3) is 0 Å². The van der Waals surface area contributed by atoms with Gasteiger partial charge in [0.25, 0.3) is 0 Å². The molecular formula is C7H14N4O2S. The lowest BCUT2D eigenvalue weighted by molar-refractivity contribution is 0.599. The van der Waals surface area contributed by atoms with E-state index in [0.29, 0.717) is 24.6 Å². The number of hydrogen-bond donors (Lipinski definition) is 2. The van der Waals surface area contributed by atoms with E-state index in [9.17, 15) is 8.42 Å². The van der Waals surface area contributed by atoms with Crippen LogP contribution in [-0.4, -0.2) is 36.4 Å². The Kier molecular flexibility index (Phi) is 3.59. The standard InChI is InChI=1S/C7H14N4O2S/c1-14(12,13)5-7-9-6(10-11-7)3-2-4-8/h2-5,8H2,1H3,(H,9,10,11). The largest absolute Gasteiger partial charge is 0.330 e. The molecule has 0 fully saturated rings. The van der Waals surface area contributed by atoms with Crippen molar-refractivity contribution >= 4 is 9.84 Å². The maximum atomic E-state index is 10.9. The van der Waals surface area contributed by atoms with Crippen LogP contribution in [0.5, 0.6) is 0 Å². The van der Waals surface area contributed by atoms with Crippen molar-refractivity contribution in [3.63, 3.8) is 0 Å². The predicted molar refractivity (Wildman–Crippen MR) is 52.3 cm³/mol. The molecule has 1 rings (SSSR count). The number of aromatic nitrogens is 3. The molecule has 1 heterocycles. The van der Waals surface area contributed by atoms with Gasteiger partial charge in [0.1, 0.15) is 11.6 Å². The van der Waals surface area contributed by atoms with E-state index in [2.05, 4.69) is 15.2 Å². The van der Waals surface area contributed by atoms with Crippen LogP contribution in [0.4, 0.5) is 0 Å². The third-order valence-electron chi connectivity index (χ3n) is 1.58. The molecule has 3 N–H and O–H groups in total. The Hall–Kier alpha value is -0.950. The topological polar surface area (TPSA) is 102 Å². The minimum atomic E-state index is -3.04. The highest BCUT2D eigenvalue weighted by Gasteiger charge is 2.09. The molecule has 80 valence electrons. The van der Waals surface area contributed by atoms with Gasteiger partial charge < -0.3 is 5.73 Å². The van der Waals surface area contributed by atoms with E-state index in [4.69, 9.17) is 5.73 Å². The summed E-state index contributed by atoms with van der Waals surface area (Å²) in [6.45, 7) is 0.579. The lowest BCUT2D eigenvalue weighted by atomic mass is 10.3. The number of sulfone groups is 1. The molecule has 0 spiro atoms. The van der Waals surface area contributed by atoms with Crippen LogP contribution < -0.4 is 5.73 Å². The quantitative estimate of drug-likeness (QED) is 0.676. The Balaban J connectivity index is 2.59. The third-order valence-corrected chi connectivity index (χ3v) is 2.38. The van der Waals surface area contributed by atoms with Crippen LogP contribution in [0, 0.1) is 0 Å². The number of nitrogens with zero attached hydrogens (tertiary/aromatic N) is 2. The van der Waals surface area contributed by atoms with Crippen molar-refractivity contribution in [3.05, 3.63) is 11.6 Å². The Labute approximate surface area is 82.8 Å². The lowest BCUT2D eigenvalue weighted by Gasteiger charge is -1.91. The van der Waals surface area contributed by atoms with E-state index in [0.717, 1.165) is 12.7 Å². The summed E-state index contributed by atoms with van der Waals surface area (Å²) >= 11 is 0. The normalized spacial score (nSPS) is 11.9. The van der Waals surface area contributed by atoms with Gasteiger partial charge in [-0.2, -0.15) is 5.10 Å². The lowest BCUT2D eigenvalue weighted by Crippen LogP contribution is -2.03. The molecule has 1 aromatic heterocycles.